The van der Waals surface area contributed by atoms with E-state index in [-0.39, 0.29) is 17.9 Å². The molecule has 0 aliphatic rings. The van der Waals surface area contributed by atoms with E-state index in [9.17, 15) is 23.2 Å². The summed E-state index contributed by atoms with van der Waals surface area (Å²) in [6, 6.07) is 13.3. The van der Waals surface area contributed by atoms with E-state index in [1.165, 1.54) is 23.9 Å². The Kier molecular flexibility index (Phi) is 5.94. The van der Waals surface area contributed by atoms with E-state index >= 15 is 0 Å². The van der Waals surface area contributed by atoms with Gasteiger partial charge in [-0.2, -0.15) is 18.4 Å². The van der Waals surface area contributed by atoms with Crippen LogP contribution < -0.4 is 10.3 Å². The monoisotopic (exact) mass is 417 g/mol. The van der Waals surface area contributed by atoms with Crippen LogP contribution in [-0.2, 0) is 12.8 Å². The first kappa shape index (κ1) is 20.5. The highest BCUT2D eigenvalue weighted by Crippen LogP contribution is 2.32. The number of ether oxygens (including phenoxy) is 1. The molecule has 0 bridgehead atoms. The van der Waals surface area contributed by atoms with Gasteiger partial charge in [0.25, 0.3) is 5.56 Å². The number of thioether (sulfide) groups is 1. The van der Waals surface area contributed by atoms with Gasteiger partial charge in [-0.05, 0) is 36.1 Å². The van der Waals surface area contributed by atoms with Crippen molar-refractivity contribution in [3.63, 3.8) is 0 Å². The number of benzene rings is 2. The van der Waals surface area contributed by atoms with Gasteiger partial charge in [0.05, 0.1) is 5.56 Å². The molecule has 9 heteroatoms. The lowest BCUT2D eigenvalue weighted by atomic mass is 10.1. The molecule has 1 heterocycles. The van der Waals surface area contributed by atoms with Crippen molar-refractivity contribution in [3.8, 4) is 23.1 Å². The van der Waals surface area contributed by atoms with Crippen LogP contribution in [0.3, 0.4) is 0 Å². The Morgan fingerprint density at radius 1 is 1.21 bits per heavy atom. The van der Waals surface area contributed by atoms with Crippen molar-refractivity contribution in [3.05, 3.63) is 75.6 Å². The third kappa shape index (κ3) is 4.60. The molecule has 0 aliphatic heterocycles. The van der Waals surface area contributed by atoms with Crippen molar-refractivity contribution in [2.24, 2.45) is 0 Å². The standard InChI is InChI=1S/C20H14F3N3O2S/c1-29-19-25-17(15(10-24)18(27)26-19)14-7-2-3-8-16(14)28-11-12-5-4-6-13(9-12)20(21,22)23/h2-9H,11H2,1H3,(H,25,26,27). The lowest BCUT2D eigenvalue weighted by Crippen LogP contribution is -2.15. The van der Waals surface area contributed by atoms with Crippen molar-refractivity contribution < 1.29 is 17.9 Å². The van der Waals surface area contributed by atoms with Gasteiger partial charge in [-0.25, -0.2) is 4.98 Å². The topological polar surface area (TPSA) is 78.8 Å². The summed E-state index contributed by atoms with van der Waals surface area (Å²) in [5, 5.41) is 9.70. The molecule has 148 valence electrons. The number of halogens is 3. The van der Waals surface area contributed by atoms with Gasteiger partial charge in [-0.3, -0.25) is 4.79 Å². The maximum Gasteiger partial charge on any atom is 0.416 e. The molecule has 1 aromatic heterocycles. The molecule has 1 N–H and O–H groups in total. The molecule has 3 rings (SSSR count). The molecule has 3 aromatic rings. The number of nitrogens with one attached hydrogen (secondary N) is 1. The zero-order valence-corrected chi connectivity index (χ0v) is 15.9. The first-order valence-electron chi connectivity index (χ1n) is 8.30. The van der Waals surface area contributed by atoms with E-state index in [0.29, 0.717) is 22.0 Å². The molecular weight excluding hydrogens is 403 g/mol. The van der Waals surface area contributed by atoms with Crippen LogP contribution in [0.2, 0.25) is 0 Å². The molecule has 0 amide bonds. The molecule has 0 unspecified atom stereocenters. The van der Waals surface area contributed by atoms with Crippen molar-refractivity contribution in [1.82, 2.24) is 9.97 Å². The number of H-pyrrole nitrogens is 1. The van der Waals surface area contributed by atoms with Crippen LogP contribution in [0, 0.1) is 11.3 Å². The molecule has 0 spiro atoms. The quantitative estimate of drug-likeness (QED) is 0.484. The SMILES string of the molecule is CSc1nc(-c2ccccc2OCc2cccc(C(F)(F)F)c2)c(C#N)c(=O)[nH]1. The molecule has 2 aromatic carbocycles. The first-order valence-corrected chi connectivity index (χ1v) is 9.52. The predicted octanol–water partition coefficient (Wildman–Crippen LogP) is 4.63. The van der Waals surface area contributed by atoms with Gasteiger partial charge in [0, 0.05) is 5.56 Å². The van der Waals surface area contributed by atoms with Gasteiger partial charge >= 0.3 is 6.18 Å². The lowest BCUT2D eigenvalue weighted by molar-refractivity contribution is -0.137. The highest BCUT2D eigenvalue weighted by molar-refractivity contribution is 7.98. The number of alkyl halides is 3. The molecule has 5 nitrogen and oxygen atoms in total. The average Bonchev–Trinajstić information content (AvgIpc) is 2.71. The average molecular weight is 417 g/mol. The summed E-state index contributed by atoms with van der Waals surface area (Å²) in [5.41, 5.74) is -0.622. The van der Waals surface area contributed by atoms with Gasteiger partial charge in [0.1, 0.15) is 29.7 Å². The van der Waals surface area contributed by atoms with Gasteiger partial charge in [0.2, 0.25) is 0 Å². The number of aromatic amines is 1. The number of aromatic nitrogens is 2. The number of para-hydroxylation sites is 1. The molecule has 0 saturated carbocycles. The van der Waals surface area contributed by atoms with Crippen LogP contribution in [-0.4, -0.2) is 16.2 Å². The summed E-state index contributed by atoms with van der Waals surface area (Å²) in [6.45, 7) is -0.124. The number of nitrogens with zero attached hydrogens (tertiary/aromatic N) is 2. The second-order valence-electron chi connectivity index (χ2n) is 5.89. The third-order valence-electron chi connectivity index (χ3n) is 3.99. The number of hydrogen-bond acceptors (Lipinski definition) is 5. The maximum absolute atomic E-state index is 12.9. The molecular formula is C20H14F3N3O2S. The fraction of sp³-hybridized carbons (Fsp3) is 0.150. The van der Waals surface area contributed by atoms with E-state index in [0.717, 1.165) is 12.1 Å². The van der Waals surface area contributed by atoms with Crippen LogP contribution in [0.15, 0.2) is 58.5 Å². The Hall–Kier alpha value is -3.25. The highest BCUT2D eigenvalue weighted by atomic mass is 32.2. The van der Waals surface area contributed by atoms with E-state index in [2.05, 4.69) is 9.97 Å². The van der Waals surface area contributed by atoms with E-state index in [1.807, 2.05) is 6.07 Å². The minimum atomic E-state index is -4.45. The van der Waals surface area contributed by atoms with Crippen LogP contribution in [0.4, 0.5) is 13.2 Å². The van der Waals surface area contributed by atoms with Gasteiger partial charge < -0.3 is 9.72 Å². The first-order chi connectivity index (χ1) is 13.8. The molecule has 29 heavy (non-hydrogen) atoms. The van der Waals surface area contributed by atoms with Gasteiger partial charge in [-0.1, -0.05) is 36.0 Å². The Balaban J connectivity index is 1.97. The van der Waals surface area contributed by atoms with Crippen molar-refractivity contribution in [1.29, 1.82) is 5.26 Å². The minimum absolute atomic E-state index is 0.124. The summed E-state index contributed by atoms with van der Waals surface area (Å²) >= 11 is 1.21. The summed E-state index contributed by atoms with van der Waals surface area (Å²) in [4.78, 5) is 19.0. The molecule has 0 atom stereocenters. The second kappa shape index (κ2) is 8.41. The Morgan fingerprint density at radius 3 is 2.66 bits per heavy atom. The molecule has 0 fully saturated rings. The largest absolute Gasteiger partial charge is 0.488 e. The van der Waals surface area contributed by atoms with E-state index < -0.39 is 17.3 Å². The van der Waals surface area contributed by atoms with E-state index in [4.69, 9.17) is 4.74 Å². The Labute approximate surface area is 168 Å². The zero-order valence-electron chi connectivity index (χ0n) is 15.1. The number of hydrogen-bond donors (Lipinski definition) is 1. The van der Waals surface area contributed by atoms with Crippen LogP contribution in [0.25, 0.3) is 11.3 Å². The van der Waals surface area contributed by atoms with Crippen molar-refractivity contribution in [2.45, 2.75) is 17.9 Å². The lowest BCUT2D eigenvalue weighted by Gasteiger charge is -2.13. The fourth-order valence-corrected chi connectivity index (χ4v) is 3.01. The molecule has 0 radical (unpaired) electrons. The summed E-state index contributed by atoms with van der Waals surface area (Å²) < 4.78 is 44.4. The summed E-state index contributed by atoms with van der Waals surface area (Å²) in [6.07, 6.45) is -2.72. The van der Waals surface area contributed by atoms with Crippen LogP contribution in [0.1, 0.15) is 16.7 Å². The van der Waals surface area contributed by atoms with E-state index in [1.54, 1.807) is 30.5 Å². The smallest absolute Gasteiger partial charge is 0.416 e. The van der Waals surface area contributed by atoms with Crippen LogP contribution in [0.5, 0.6) is 5.75 Å². The third-order valence-corrected chi connectivity index (χ3v) is 4.57. The summed E-state index contributed by atoms with van der Waals surface area (Å²) in [7, 11) is 0. The van der Waals surface area contributed by atoms with Crippen molar-refractivity contribution in [2.75, 3.05) is 6.26 Å². The Morgan fingerprint density at radius 2 is 1.97 bits per heavy atom. The second-order valence-corrected chi connectivity index (χ2v) is 6.69. The van der Waals surface area contributed by atoms with Crippen LogP contribution >= 0.6 is 11.8 Å². The fourth-order valence-electron chi connectivity index (χ4n) is 2.63. The number of rotatable bonds is 5. The maximum atomic E-state index is 12.9. The normalized spacial score (nSPS) is 11.1. The predicted molar refractivity (Wildman–Crippen MR) is 103 cm³/mol. The number of nitriles is 1. The van der Waals surface area contributed by atoms with Gasteiger partial charge in [-0.15, -0.1) is 0 Å². The minimum Gasteiger partial charge on any atom is -0.488 e. The van der Waals surface area contributed by atoms with Crippen molar-refractivity contribution >= 4 is 11.8 Å². The molecule has 0 aliphatic carbocycles. The molecule has 0 saturated heterocycles. The summed E-state index contributed by atoms with van der Waals surface area (Å²) in [5.74, 6) is 0.298. The van der Waals surface area contributed by atoms with Gasteiger partial charge in [0.15, 0.2) is 5.16 Å². The zero-order chi connectivity index (χ0) is 21.0. The highest BCUT2D eigenvalue weighted by Gasteiger charge is 2.30. The Bertz CT molecular complexity index is 1140.